The van der Waals surface area contributed by atoms with Gasteiger partial charge in [-0.1, -0.05) is 0 Å². The molecule has 2 amide bonds. The van der Waals surface area contributed by atoms with Crippen LogP contribution < -0.4 is 5.32 Å². The van der Waals surface area contributed by atoms with Crippen molar-refractivity contribution < 1.29 is 14.3 Å². The Morgan fingerprint density at radius 3 is 2.70 bits per heavy atom. The number of aryl methyl sites for hydroxylation is 1. The summed E-state index contributed by atoms with van der Waals surface area (Å²) in [6, 6.07) is 2.19. The van der Waals surface area contributed by atoms with Crippen LogP contribution >= 0.6 is 11.3 Å². The normalized spacial score (nSPS) is 30.2. The first-order valence-electron chi connectivity index (χ1n) is 10.3. The number of nitrogens with zero attached hydrogens (tertiary/aromatic N) is 1. The van der Waals surface area contributed by atoms with Crippen LogP contribution in [0.5, 0.6) is 0 Å². The van der Waals surface area contributed by atoms with Gasteiger partial charge in [0, 0.05) is 33.0 Å². The van der Waals surface area contributed by atoms with Gasteiger partial charge in [-0.15, -0.1) is 0 Å². The minimum atomic E-state index is 0.0140. The summed E-state index contributed by atoms with van der Waals surface area (Å²) in [6.07, 6.45) is 5.94. The van der Waals surface area contributed by atoms with Gasteiger partial charge >= 0.3 is 0 Å². The molecule has 27 heavy (non-hydrogen) atoms. The predicted octanol–water partition coefficient (Wildman–Crippen LogP) is 2.85. The Hall–Kier alpha value is -1.40. The van der Waals surface area contributed by atoms with E-state index in [1.165, 1.54) is 18.4 Å². The molecule has 1 aromatic heterocycles. The van der Waals surface area contributed by atoms with Crippen LogP contribution in [0.3, 0.4) is 0 Å². The molecule has 1 N–H and O–H groups in total. The molecule has 5 nitrogen and oxygen atoms in total. The van der Waals surface area contributed by atoms with Gasteiger partial charge in [0.1, 0.15) is 0 Å². The van der Waals surface area contributed by atoms with Crippen LogP contribution in [0.4, 0.5) is 0 Å². The highest BCUT2D eigenvalue weighted by Gasteiger charge is 2.44. The van der Waals surface area contributed by atoms with E-state index in [0.29, 0.717) is 18.3 Å². The highest BCUT2D eigenvalue weighted by Crippen LogP contribution is 2.39. The second-order valence-corrected chi connectivity index (χ2v) is 9.32. The molecule has 4 rings (SSSR count). The summed E-state index contributed by atoms with van der Waals surface area (Å²) in [5.74, 6) is 1.98. The van der Waals surface area contributed by atoms with Crippen molar-refractivity contribution in [3.8, 4) is 0 Å². The Morgan fingerprint density at radius 2 is 2.04 bits per heavy atom. The molecule has 2 heterocycles. The lowest BCUT2D eigenvalue weighted by Gasteiger charge is -2.38. The molecule has 2 aliphatic carbocycles. The standard InChI is InChI=1S/C21H30N2O3S/c1-14(24)22-19-8-17-10-23(21(25)5-4-16-6-7-27-13-16)11-18(17)9-20(19)26-12-15-2-3-15/h6-7,13,15,17-20H,2-5,8-12H2,1H3,(H,22,24)/t17-,18+,19-,20-/m1/s1. The molecule has 0 aromatic carbocycles. The summed E-state index contributed by atoms with van der Waals surface area (Å²) in [7, 11) is 0. The number of carbonyl (C=O) groups excluding carboxylic acids is 2. The van der Waals surface area contributed by atoms with E-state index in [0.717, 1.165) is 44.9 Å². The average molecular weight is 391 g/mol. The highest BCUT2D eigenvalue weighted by molar-refractivity contribution is 7.07. The van der Waals surface area contributed by atoms with Gasteiger partial charge in [-0.3, -0.25) is 9.59 Å². The molecule has 0 radical (unpaired) electrons. The third kappa shape index (κ3) is 4.91. The molecule has 6 heteroatoms. The van der Waals surface area contributed by atoms with Crippen molar-refractivity contribution in [2.24, 2.45) is 17.8 Å². The van der Waals surface area contributed by atoms with Crippen LogP contribution in [0.15, 0.2) is 16.8 Å². The Kier molecular flexibility index (Phi) is 5.83. The Bertz CT molecular complexity index is 658. The number of amides is 2. The van der Waals surface area contributed by atoms with Gasteiger partial charge in [0.05, 0.1) is 12.1 Å². The number of ether oxygens (including phenoxy) is 1. The van der Waals surface area contributed by atoms with Crippen molar-refractivity contribution in [2.45, 2.75) is 57.6 Å². The van der Waals surface area contributed by atoms with Crippen LogP contribution in [0.1, 0.15) is 44.6 Å². The maximum atomic E-state index is 12.7. The van der Waals surface area contributed by atoms with E-state index in [1.54, 1.807) is 18.3 Å². The van der Waals surface area contributed by atoms with E-state index < -0.39 is 0 Å². The lowest BCUT2D eigenvalue weighted by molar-refractivity contribution is -0.130. The zero-order chi connectivity index (χ0) is 18.8. The molecule has 4 atom stereocenters. The SMILES string of the molecule is CC(=O)N[C@@H]1C[C@@H]2CN(C(=O)CCc3ccsc3)C[C@@H]2C[C@H]1OCC1CC1. The second kappa shape index (κ2) is 8.31. The van der Waals surface area contributed by atoms with Gasteiger partial charge in [-0.2, -0.15) is 11.3 Å². The number of fused-ring (bicyclic) bond motifs is 1. The molecule has 1 aromatic rings. The summed E-state index contributed by atoms with van der Waals surface area (Å²) in [6.45, 7) is 4.09. The van der Waals surface area contributed by atoms with Gasteiger partial charge < -0.3 is 15.0 Å². The van der Waals surface area contributed by atoms with Crippen LogP contribution in [0, 0.1) is 17.8 Å². The number of rotatable bonds is 7. The van der Waals surface area contributed by atoms with Crippen molar-refractivity contribution in [1.29, 1.82) is 0 Å². The number of likely N-dealkylation sites (tertiary alicyclic amines) is 1. The molecule has 3 aliphatic rings. The van der Waals surface area contributed by atoms with Crippen LogP contribution in [0.25, 0.3) is 0 Å². The zero-order valence-corrected chi connectivity index (χ0v) is 16.9. The number of nitrogens with one attached hydrogen (secondary N) is 1. The molecular formula is C21H30N2O3S. The zero-order valence-electron chi connectivity index (χ0n) is 16.1. The van der Waals surface area contributed by atoms with Crippen molar-refractivity contribution >= 4 is 23.2 Å². The summed E-state index contributed by atoms with van der Waals surface area (Å²) in [5, 5.41) is 7.30. The fourth-order valence-corrected chi connectivity index (χ4v) is 5.31. The molecule has 0 unspecified atom stereocenters. The fraction of sp³-hybridized carbons (Fsp3) is 0.714. The summed E-state index contributed by atoms with van der Waals surface area (Å²) >= 11 is 1.68. The largest absolute Gasteiger partial charge is 0.376 e. The third-order valence-electron chi connectivity index (χ3n) is 6.31. The summed E-state index contributed by atoms with van der Waals surface area (Å²) in [5.41, 5.74) is 1.25. The molecule has 0 bridgehead atoms. The van der Waals surface area contributed by atoms with E-state index in [2.05, 4.69) is 27.0 Å². The first-order chi connectivity index (χ1) is 13.1. The van der Waals surface area contributed by atoms with Gasteiger partial charge in [0.2, 0.25) is 11.8 Å². The molecule has 1 saturated heterocycles. The van der Waals surface area contributed by atoms with Crippen LogP contribution in [-0.4, -0.2) is 48.6 Å². The molecule has 3 fully saturated rings. The monoisotopic (exact) mass is 390 g/mol. The lowest BCUT2D eigenvalue weighted by atomic mass is 9.77. The molecule has 1 aliphatic heterocycles. The first-order valence-corrected chi connectivity index (χ1v) is 11.2. The van der Waals surface area contributed by atoms with E-state index in [9.17, 15) is 9.59 Å². The maximum absolute atomic E-state index is 12.7. The lowest BCUT2D eigenvalue weighted by Crippen LogP contribution is -2.50. The maximum Gasteiger partial charge on any atom is 0.222 e. The number of carbonyl (C=O) groups is 2. The molecule has 0 spiro atoms. The Balaban J connectivity index is 1.32. The fourth-order valence-electron chi connectivity index (χ4n) is 4.60. The summed E-state index contributed by atoms with van der Waals surface area (Å²) in [4.78, 5) is 26.4. The number of hydrogen-bond donors (Lipinski definition) is 1. The van der Waals surface area contributed by atoms with Gasteiger partial charge in [0.15, 0.2) is 0 Å². The average Bonchev–Trinajstić information content (AvgIpc) is 3.14. The van der Waals surface area contributed by atoms with Crippen molar-refractivity contribution in [1.82, 2.24) is 10.2 Å². The van der Waals surface area contributed by atoms with Crippen LogP contribution in [0.2, 0.25) is 0 Å². The van der Waals surface area contributed by atoms with E-state index >= 15 is 0 Å². The number of thiophene rings is 1. The Morgan fingerprint density at radius 1 is 1.26 bits per heavy atom. The number of hydrogen-bond acceptors (Lipinski definition) is 4. The van der Waals surface area contributed by atoms with E-state index in [1.807, 2.05) is 0 Å². The van der Waals surface area contributed by atoms with Crippen molar-refractivity contribution in [3.63, 3.8) is 0 Å². The van der Waals surface area contributed by atoms with Gasteiger partial charge in [-0.25, -0.2) is 0 Å². The quantitative estimate of drug-likeness (QED) is 0.779. The molecule has 148 valence electrons. The third-order valence-corrected chi connectivity index (χ3v) is 7.04. The predicted molar refractivity (Wildman–Crippen MR) is 106 cm³/mol. The van der Waals surface area contributed by atoms with Crippen molar-refractivity contribution in [2.75, 3.05) is 19.7 Å². The minimum Gasteiger partial charge on any atom is -0.376 e. The van der Waals surface area contributed by atoms with Gasteiger partial charge in [0.25, 0.3) is 0 Å². The molecular weight excluding hydrogens is 360 g/mol. The second-order valence-electron chi connectivity index (χ2n) is 8.54. The summed E-state index contributed by atoms with van der Waals surface area (Å²) < 4.78 is 6.20. The topological polar surface area (TPSA) is 58.6 Å². The van der Waals surface area contributed by atoms with E-state index in [4.69, 9.17) is 4.74 Å². The minimum absolute atomic E-state index is 0.0140. The van der Waals surface area contributed by atoms with E-state index in [-0.39, 0.29) is 24.0 Å². The highest BCUT2D eigenvalue weighted by atomic mass is 32.1. The van der Waals surface area contributed by atoms with Crippen molar-refractivity contribution in [3.05, 3.63) is 22.4 Å². The van der Waals surface area contributed by atoms with Crippen LogP contribution in [-0.2, 0) is 20.7 Å². The molecule has 2 saturated carbocycles. The smallest absolute Gasteiger partial charge is 0.222 e. The van der Waals surface area contributed by atoms with Gasteiger partial charge in [-0.05, 0) is 72.2 Å². The first kappa shape index (κ1) is 18.9. The Labute approximate surface area is 165 Å².